The first-order valence-electron chi connectivity index (χ1n) is 10.6. The highest BCUT2D eigenvalue weighted by atomic mass is 19.1. The van der Waals surface area contributed by atoms with E-state index in [0.717, 1.165) is 5.56 Å². The van der Waals surface area contributed by atoms with Crippen molar-refractivity contribution in [2.24, 2.45) is 5.92 Å². The predicted molar refractivity (Wildman–Crippen MR) is 123 cm³/mol. The van der Waals surface area contributed by atoms with E-state index in [2.05, 4.69) is 15.7 Å². The van der Waals surface area contributed by atoms with Crippen molar-refractivity contribution in [3.05, 3.63) is 66.5 Å². The molecule has 0 saturated heterocycles. The molecule has 0 atom stereocenters. The summed E-state index contributed by atoms with van der Waals surface area (Å²) in [6.07, 6.45) is 0. The number of hydrogen-bond acceptors (Lipinski definition) is 3. The van der Waals surface area contributed by atoms with Crippen LogP contribution in [0.4, 0.5) is 15.0 Å². The lowest BCUT2D eigenvalue weighted by molar-refractivity contribution is -0.116. The van der Waals surface area contributed by atoms with Gasteiger partial charge in [-0.2, -0.15) is 5.10 Å². The van der Waals surface area contributed by atoms with Gasteiger partial charge in [-0.15, -0.1) is 0 Å². The zero-order chi connectivity index (χ0) is 23.1. The van der Waals surface area contributed by atoms with Crippen molar-refractivity contribution >= 4 is 17.8 Å². The zero-order valence-electron chi connectivity index (χ0n) is 18.5. The van der Waals surface area contributed by atoms with Crippen LogP contribution in [0.15, 0.2) is 60.7 Å². The standard InChI is InChI=1S/C24H28FN5O2/c1-4-26-24(32)29(15-17(2)3)16-23(31)27-22-14-21(18-8-6-5-7-9-18)28-30(22)20-12-10-19(25)11-13-20/h5-14,17H,4,15-16H2,1-3H3,(H,26,32)(H,27,31). The van der Waals surface area contributed by atoms with Crippen molar-refractivity contribution in [3.63, 3.8) is 0 Å². The van der Waals surface area contributed by atoms with E-state index in [9.17, 15) is 14.0 Å². The van der Waals surface area contributed by atoms with Gasteiger partial charge in [0.15, 0.2) is 0 Å². The topological polar surface area (TPSA) is 79.3 Å². The van der Waals surface area contributed by atoms with E-state index in [1.807, 2.05) is 51.1 Å². The van der Waals surface area contributed by atoms with Crippen LogP contribution in [0.25, 0.3) is 16.9 Å². The van der Waals surface area contributed by atoms with Crippen molar-refractivity contribution in [2.75, 3.05) is 25.0 Å². The number of carbonyl (C=O) groups excluding carboxylic acids is 2. The van der Waals surface area contributed by atoms with E-state index >= 15 is 0 Å². The number of nitrogens with zero attached hydrogens (tertiary/aromatic N) is 3. The first kappa shape index (κ1) is 23.0. The van der Waals surface area contributed by atoms with Crippen LogP contribution in [0.2, 0.25) is 0 Å². The monoisotopic (exact) mass is 437 g/mol. The number of aromatic nitrogens is 2. The first-order valence-corrected chi connectivity index (χ1v) is 10.6. The molecule has 0 unspecified atom stereocenters. The Balaban J connectivity index is 1.88. The molecule has 0 saturated carbocycles. The quantitative estimate of drug-likeness (QED) is 0.551. The van der Waals surface area contributed by atoms with Crippen molar-refractivity contribution in [1.82, 2.24) is 20.0 Å². The molecule has 1 heterocycles. The molecule has 2 N–H and O–H groups in total. The molecule has 0 fully saturated rings. The number of amides is 3. The molecule has 0 radical (unpaired) electrons. The molecule has 7 nitrogen and oxygen atoms in total. The van der Waals surface area contributed by atoms with Crippen LogP contribution in [0, 0.1) is 11.7 Å². The van der Waals surface area contributed by atoms with E-state index in [1.165, 1.54) is 17.0 Å². The van der Waals surface area contributed by atoms with Gasteiger partial charge in [0.05, 0.1) is 11.4 Å². The number of rotatable bonds is 8. The molecule has 0 spiro atoms. The third-order valence-electron chi connectivity index (χ3n) is 4.65. The molecule has 32 heavy (non-hydrogen) atoms. The van der Waals surface area contributed by atoms with Gasteiger partial charge in [0.2, 0.25) is 5.91 Å². The van der Waals surface area contributed by atoms with Crippen LogP contribution in [0.1, 0.15) is 20.8 Å². The Hall–Kier alpha value is -3.68. The molecule has 1 aromatic heterocycles. The molecule has 0 aliphatic rings. The summed E-state index contributed by atoms with van der Waals surface area (Å²) in [5, 5.41) is 10.2. The van der Waals surface area contributed by atoms with Crippen molar-refractivity contribution in [2.45, 2.75) is 20.8 Å². The van der Waals surface area contributed by atoms with Crippen LogP contribution >= 0.6 is 0 Å². The van der Waals surface area contributed by atoms with Gasteiger partial charge in [-0.3, -0.25) is 4.79 Å². The molecular formula is C24H28FN5O2. The Labute approximate surface area is 187 Å². The number of nitrogens with one attached hydrogen (secondary N) is 2. The van der Waals surface area contributed by atoms with Gasteiger partial charge < -0.3 is 15.5 Å². The maximum absolute atomic E-state index is 13.4. The summed E-state index contributed by atoms with van der Waals surface area (Å²) >= 11 is 0. The third-order valence-corrected chi connectivity index (χ3v) is 4.65. The average molecular weight is 438 g/mol. The molecule has 3 aromatic rings. The Morgan fingerprint density at radius 3 is 2.41 bits per heavy atom. The SMILES string of the molecule is CCNC(=O)N(CC(=O)Nc1cc(-c2ccccc2)nn1-c1ccc(F)cc1)CC(C)C. The van der Waals surface area contributed by atoms with Gasteiger partial charge in [0.1, 0.15) is 18.2 Å². The van der Waals surface area contributed by atoms with Gasteiger partial charge >= 0.3 is 6.03 Å². The fraction of sp³-hybridized carbons (Fsp3) is 0.292. The molecule has 168 valence electrons. The van der Waals surface area contributed by atoms with Crippen LogP contribution in [0.5, 0.6) is 0 Å². The number of carbonyl (C=O) groups is 2. The van der Waals surface area contributed by atoms with E-state index in [-0.39, 0.29) is 30.2 Å². The summed E-state index contributed by atoms with van der Waals surface area (Å²) in [6.45, 7) is 6.63. The minimum atomic E-state index is -0.360. The summed E-state index contributed by atoms with van der Waals surface area (Å²) in [5.74, 6) is -0.0681. The molecule has 8 heteroatoms. The largest absolute Gasteiger partial charge is 0.338 e. The van der Waals surface area contributed by atoms with Gasteiger partial charge in [-0.25, -0.2) is 13.9 Å². The van der Waals surface area contributed by atoms with E-state index in [0.29, 0.717) is 30.3 Å². The summed E-state index contributed by atoms with van der Waals surface area (Å²) in [7, 11) is 0. The number of halogens is 1. The van der Waals surface area contributed by atoms with Crippen LogP contribution in [-0.2, 0) is 4.79 Å². The third kappa shape index (κ3) is 5.94. The normalized spacial score (nSPS) is 10.8. The Bertz CT molecular complexity index is 1050. The number of hydrogen-bond donors (Lipinski definition) is 2. The van der Waals surface area contributed by atoms with Gasteiger partial charge in [-0.1, -0.05) is 44.2 Å². The maximum Gasteiger partial charge on any atom is 0.317 e. The first-order chi connectivity index (χ1) is 15.4. The van der Waals surface area contributed by atoms with E-state index < -0.39 is 0 Å². The van der Waals surface area contributed by atoms with Gasteiger partial charge in [0, 0.05) is 24.7 Å². The lowest BCUT2D eigenvalue weighted by Gasteiger charge is -2.24. The van der Waals surface area contributed by atoms with Crippen LogP contribution in [-0.4, -0.2) is 46.3 Å². The summed E-state index contributed by atoms with van der Waals surface area (Å²) in [6, 6.07) is 16.9. The Morgan fingerprint density at radius 2 is 1.78 bits per heavy atom. The number of urea groups is 1. The van der Waals surface area contributed by atoms with Gasteiger partial charge in [-0.05, 0) is 37.1 Å². The fourth-order valence-corrected chi connectivity index (χ4v) is 3.28. The highest BCUT2D eigenvalue weighted by Gasteiger charge is 2.20. The second kappa shape index (κ2) is 10.6. The minimum Gasteiger partial charge on any atom is -0.338 e. The smallest absolute Gasteiger partial charge is 0.317 e. The van der Waals surface area contributed by atoms with E-state index in [4.69, 9.17) is 0 Å². The van der Waals surface area contributed by atoms with Gasteiger partial charge in [0.25, 0.3) is 0 Å². The Kier molecular flexibility index (Phi) is 7.59. The van der Waals surface area contributed by atoms with E-state index in [1.54, 1.807) is 22.9 Å². The predicted octanol–water partition coefficient (Wildman–Crippen LogP) is 4.30. The number of benzene rings is 2. The second-order valence-corrected chi connectivity index (χ2v) is 7.83. The molecule has 3 amide bonds. The highest BCUT2D eigenvalue weighted by molar-refractivity contribution is 5.94. The minimum absolute atomic E-state index is 0.0979. The summed E-state index contributed by atoms with van der Waals surface area (Å²) in [4.78, 5) is 26.7. The lowest BCUT2D eigenvalue weighted by atomic mass is 10.1. The Morgan fingerprint density at radius 1 is 1.09 bits per heavy atom. The highest BCUT2D eigenvalue weighted by Crippen LogP contribution is 2.25. The van der Waals surface area contributed by atoms with Crippen LogP contribution < -0.4 is 10.6 Å². The maximum atomic E-state index is 13.4. The molecule has 0 aliphatic heterocycles. The molecule has 2 aromatic carbocycles. The van der Waals surface area contributed by atoms with Crippen molar-refractivity contribution in [3.8, 4) is 16.9 Å². The summed E-state index contributed by atoms with van der Waals surface area (Å²) < 4.78 is 15.0. The second-order valence-electron chi connectivity index (χ2n) is 7.83. The fourth-order valence-electron chi connectivity index (χ4n) is 3.28. The number of anilines is 1. The summed E-state index contributed by atoms with van der Waals surface area (Å²) in [5.41, 5.74) is 2.15. The molecular weight excluding hydrogens is 409 g/mol. The van der Waals surface area contributed by atoms with Crippen molar-refractivity contribution < 1.29 is 14.0 Å². The molecule has 0 aliphatic carbocycles. The molecule has 0 bridgehead atoms. The van der Waals surface area contributed by atoms with Crippen molar-refractivity contribution in [1.29, 1.82) is 0 Å². The average Bonchev–Trinajstić information content (AvgIpc) is 3.18. The lowest BCUT2D eigenvalue weighted by Crippen LogP contribution is -2.45. The van der Waals surface area contributed by atoms with Crippen LogP contribution in [0.3, 0.4) is 0 Å². The molecule has 3 rings (SSSR count). The zero-order valence-corrected chi connectivity index (χ0v) is 18.5.